The lowest BCUT2D eigenvalue weighted by molar-refractivity contribution is -0.121. The van der Waals surface area contributed by atoms with E-state index in [9.17, 15) is 9.59 Å². The Morgan fingerprint density at radius 2 is 1.84 bits per heavy atom. The number of hydrogen-bond acceptors (Lipinski definition) is 7. The summed E-state index contributed by atoms with van der Waals surface area (Å²) >= 11 is 0. The van der Waals surface area contributed by atoms with Crippen LogP contribution in [-0.2, 0) is 4.79 Å². The van der Waals surface area contributed by atoms with E-state index in [-0.39, 0.29) is 17.6 Å². The first kappa shape index (κ1) is 19.9. The molecule has 0 unspecified atom stereocenters. The van der Waals surface area contributed by atoms with Crippen LogP contribution in [-0.4, -0.2) is 34.0 Å². The van der Waals surface area contributed by atoms with Gasteiger partial charge in [-0.1, -0.05) is 30.3 Å². The first-order valence-corrected chi connectivity index (χ1v) is 9.34. The number of nitrogens with zero attached hydrogens (tertiary/aromatic N) is 2. The molecule has 156 valence electrons. The van der Waals surface area contributed by atoms with Crippen LogP contribution in [0.1, 0.15) is 22.1 Å². The Balaban J connectivity index is 1.58. The molecule has 0 bridgehead atoms. The van der Waals surface area contributed by atoms with E-state index in [4.69, 9.17) is 14.3 Å². The molecule has 0 aliphatic carbocycles. The number of ether oxygens (including phenoxy) is 1. The Labute approximate surface area is 176 Å². The minimum absolute atomic E-state index is 0.120. The number of likely N-dealkylation sites (N-methyl/N-ethyl adjacent to an activating group) is 1. The number of carbonyl (C=O) groups excluding carboxylic acids is 1. The second-order valence-corrected chi connectivity index (χ2v) is 6.53. The lowest BCUT2D eigenvalue weighted by atomic mass is 10.1. The van der Waals surface area contributed by atoms with Crippen molar-refractivity contribution in [2.75, 3.05) is 12.4 Å². The maximum atomic E-state index is 12.4. The van der Waals surface area contributed by atoms with Crippen molar-refractivity contribution >= 4 is 29.0 Å². The average molecular weight is 418 g/mol. The molecule has 4 aromatic rings. The van der Waals surface area contributed by atoms with Gasteiger partial charge in [0, 0.05) is 25.4 Å². The van der Waals surface area contributed by atoms with Crippen molar-refractivity contribution in [1.82, 2.24) is 15.3 Å². The Bertz CT molecular complexity index is 1240. The molecule has 31 heavy (non-hydrogen) atoms. The van der Waals surface area contributed by atoms with Crippen LogP contribution in [0.4, 0.5) is 6.01 Å². The molecule has 9 heteroatoms. The van der Waals surface area contributed by atoms with Gasteiger partial charge in [0.25, 0.3) is 6.01 Å². The van der Waals surface area contributed by atoms with Gasteiger partial charge in [0.15, 0.2) is 11.3 Å². The number of amides is 1. The normalized spacial score (nSPS) is 11.6. The second kappa shape index (κ2) is 8.54. The molecular formula is C22H18N4O5. The van der Waals surface area contributed by atoms with E-state index in [1.807, 2.05) is 30.3 Å². The number of carboxylic acids is 1. The fourth-order valence-electron chi connectivity index (χ4n) is 2.97. The van der Waals surface area contributed by atoms with E-state index >= 15 is 0 Å². The molecule has 1 amide bonds. The van der Waals surface area contributed by atoms with Gasteiger partial charge in [-0.2, -0.15) is 4.98 Å². The van der Waals surface area contributed by atoms with Gasteiger partial charge in [-0.3, -0.25) is 4.79 Å². The zero-order valence-electron chi connectivity index (χ0n) is 16.4. The average Bonchev–Trinajstić information content (AvgIpc) is 3.19. The van der Waals surface area contributed by atoms with Crippen molar-refractivity contribution in [3.63, 3.8) is 0 Å². The summed E-state index contributed by atoms with van der Waals surface area (Å²) in [6.07, 6.45) is 1.36. The zero-order chi connectivity index (χ0) is 21.8. The summed E-state index contributed by atoms with van der Waals surface area (Å²) in [5.74, 6) is -0.614. The second-order valence-electron chi connectivity index (χ2n) is 6.53. The number of oxazole rings is 1. The van der Waals surface area contributed by atoms with Crippen molar-refractivity contribution in [3.8, 4) is 11.5 Å². The third-order valence-electron chi connectivity index (χ3n) is 4.46. The smallest absolute Gasteiger partial charge is 0.354 e. The molecule has 0 saturated carbocycles. The lowest BCUT2D eigenvalue weighted by Crippen LogP contribution is -2.30. The molecule has 0 radical (unpaired) electrons. The Morgan fingerprint density at radius 1 is 1.06 bits per heavy atom. The van der Waals surface area contributed by atoms with E-state index in [1.165, 1.54) is 12.3 Å². The standard InChI is InChI=1S/C22H18N4O5/c1-23-20(27)19(13-5-3-2-4-6-13)26-22-25-16-8-7-14(12-18(16)31-22)30-15-9-10-24-17(11-15)21(28)29/h2-12,19H,1H3,(H,23,27)(H,25,26)(H,28,29)/t19-/m1/s1. The van der Waals surface area contributed by atoms with Crippen LogP contribution in [0.25, 0.3) is 11.1 Å². The third-order valence-corrected chi connectivity index (χ3v) is 4.46. The molecule has 0 aliphatic heterocycles. The summed E-state index contributed by atoms with van der Waals surface area (Å²) < 4.78 is 11.5. The number of nitrogens with one attached hydrogen (secondary N) is 2. The number of anilines is 1. The quantitative estimate of drug-likeness (QED) is 0.415. The predicted molar refractivity (Wildman–Crippen MR) is 112 cm³/mol. The van der Waals surface area contributed by atoms with E-state index in [1.54, 1.807) is 31.3 Å². The molecule has 2 heterocycles. The van der Waals surface area contributed by atoms with Crippen molar-refractivity contribution in [3.05, 3.63) is 78.1 Å². The van der Waals surface area contributed by atoms with E-state index in [0.29, 0.717) is 22.6 Å². The number of aromatic nitrogens is 2. The Morgan fingerprint density at radius 3 is 2.58 bits per heavy atom. The van der Waals surface area contributed by atoms with Crippen LogP contribution in [0, 0.1) is 0 Å². The highest BCUT2D eigenvalue weighted by Crippen LogP contribution is 2.29. The zero-order valence-corrected chi connectivity index (χ0v) is 16.4. The maximum absolute atomic E-state index is 12.4. The molecule has 0 saturated heterocycles. The van der Waals surface area contributed by atoms with Crippen molar-refractivity contribution in [1.29, 1.82) is 0 Å². The van der Waals surface area contributed by atoms with Gasteiger partial charge < -0.3 is 24.9 Å². The summed E-state index contributed by atoms with van der Waals surface area (Å²) in [6.45, 7) is 0. The number of aromatic carboxylic acids is 1. The summed E-state index contributed by atoms with van der Waals surface area (Å²) in [7, 11) is 1.56. The van der Waals surface area contributed by atoms with Crippen LogP contribution in [0.2, 0.25) is 0 Å². The minimum Gasteiger partial charge on any atom is -0.477 e. The summed E-state index contributed by atoms with van der Waals surface area (Å²) in [4.78, 5) is 31.6. The van der Waals surface area contributed by atoms with Gasteiger partial charge in [0.05, 0.1) is 0 Å². The molecule has 2 aromatic heterocycles. The van der Waals surface area contributed by atoms with Crippen LogP contribution in [0.3, 0.4) is 0 Å². The number of carboxylic acid groups (broad SMARTS) is 1. The highest BCUT2D eigenvalue weighted by atomic mass is 16.5. The van der Waals surface area contributed by atoms with Gasteiger partial charge in [-0.05, 0) is 23.8 Å². The van der Waals surface area contributed by atoms with Crippen molar-refractivity contribution in [2.24, 2.45) is 0 Å². The van der Waals surface area contributed by atoms with Crippen molar-refractivity contribution < 1.29 is 23.8 Å². The topological polar surface area (TPSA) is 127 Å². The van der Waals surface area contributed by atoms with Crippen molar-refractivity contribution in [2.45, 2.75) is 6.04 Å². The molecule has 0 spiro atoms. The van der Waals surface area contributed by atoms with Gasteiger partial charge in [-0.15, -0.1) is 0 Å². The van der Waals surface area contributed by atoms with Gasteiger partial charge in [0.1, 0.15) is 23.1 Å². The Hall–Kier alpha value is -4.40. The SMILES string of the molecule is CNC(=O)[C@H](Nc1nc2ccc(Oc3ccnc(C(=O)O)c3)cc2o1)c1ccccc1. The third kappa shape index (κ3) is 4.45. The molecule has 1 atom stereocenters. The van der Waals surface area contributed by atoms with Gasteiger partial charge in [0.2, 0.25) is 5.91 Å². The highest BCUT2D eigenvalue weighted by molar-refractivity contribution is 5.86. The molecular weight excluding hydrogens is 400 g/mol. The van der Waals surface area contributed by atoms with Gasteiger partial charge >= 0.3 is 5.97 Å². The summed E-state index contributed by atoms with van der Waals surface area (Å²) in [5.41, 5.74) is 1.65. The minimum atomic E-state index is -1.14. The monoisotopic (exact) mass is 418 g/mol. The summed E-state index contributed by atoms with van der Waals surface area (Å²) in [5, 5.41) is 14.7. The lowest BCUT2D eigenvalue weighted by Gasteiger charge is -2.16. The first-order chi connectivity index (χ1) is 15.0. The van der Waals surface area contributed by atoms with E-state index in [0.717, 1.165) is 5.56 Å². The van der Waals surface area contributed by atoms with Crippen LogP contribution in [0.15, 0.2) is 71.3 Å². The maximum Gasteiger partial charge on any atom is 0.354 e. The number of fused-ring (bicyclic) bond motifs is 1. The van der Waals surface area contributed by atoms with Gasteiger partial charge in [-0.25, -0.2) is 9.78 Å². The van der Waals surface area contributed by atoms with E-state index in [2.05, 4.69) is 20.6 Å². The highest BCUT2D eigenvalue weighted by Gasteiger charge is 2.21. The van der Waals surface area contributed by atoms with E-state index < -0.39 is 12.0 Å². The molecule has 2 aromatic carbocycles. The number of benzene rings is 2. The fraction of sp³-hybridized carbons (Fsp3) is 0.0909. The molecule has 4 rings (SSSR count). The molecule has 9 nitrogen and oxygen atoms in total. The Kier molecular flexibility index (Phi) is 5.48. The molecule has 3 N–H and O–H groups in total. The number of hydrogen-bond donors (Lipinski definition) is 3. The molecule has 0 fully saturated rings. The van der Waals surface area contributed by atoms with Crippen LogP contribution in [0.5, 0.6) is 11.5 Å². The number of carbonyl (C=O) groups is 2. The fourth-order valence-corrected chi connectivity index (χ4v) is 2.97. The first-order valence-electron chi connectivity index (χ1n) is 9.34. The molecule has 0 aliphatic rings. The van der Waals surface area contributed by atoms with Crippen LogP contribution < -0.4 is 15.4 Å². The summed E-state index contributed by atoms with van der Waals surface area (Å²) in [6, 6.07) is 16.6. The number of rotatable bonds is 7. The predicted octanol–water partition coefficient (Wildman–Crippen LogP) is 3.61. The number of pyridine rings is 1. The largest absolute Gasteiger partial charge is 0.477 e. The van der Waals surface area contributed by atoms with Crippen LogP contribution >= 0.6 is 0 Å².